The summed E-state index contributed by atoms with van der Waals surface area (Å²) in [6.07, 6.45) is 18.3. The van der Waals surface area contributed by atoms with Crippen molar-refractivity contribution in [2.45, 2.75) is 78.1 Å². The molecular weight excluding hydrogens is 292 g/mol. The standard InChI is InChI=1S/C23H34O/c1-4-5-6-17-8-12-22-21-10-7-16-15-18(24-3)9-11-19(16)20(21)13-14-23(17,22)2/h8-9,20-22H,4-7,10-15H2,1-3H3/t20-,21-,22+,23-/m1/s1. The van der Waals surface area contributed by atoms with Gasteiger partial charge in [0.1, 0.15) is 0 Å². The highest BCUT2D eigenvalue weighted by Crippen LogP contribution is 2.61. The van der Waals surface area contributed by atoms with Crippen molar-refractivity contribution in [2.24, 2.45) is 23.2 Å². The average molecular weight is 327 g/mol. The van der Waals surface area contributed by atoms with Crippen LogP contribution in [0.3, 0.4) is 0 Å². The predicted molar refractivity (Wildman–Crippen MR) is 101 cm³/mol. The van der Waals surface area contributed by atoms with E-state index in [4.69, 9.17) is 4.74 Å². The minimum absolute atomic E-state index is 0.524. The van der Waals surface area contributed by atoms with Crippen LogP contribution in [-0.4, -0.2) is 7.11 Å². The van der Waals surface area contributed by atoms with Gasteiger partial charge in [-0.05, 0) is 80.6 Å². The largest absolute Gasteiger partial charge is 0.501 e. The lowest BCUT2D eigenvalue weighted by Crippen LogP contribution is -2.42. The van der Waals surface area contributed by atoms with Crippen LogP contribution in [0.25, 0.3) is 0 Å². The number of ether oxygens (including phenoxy) is 1. The van der Waals surface area contributed by atoms with Crippen LogP contribution in [0.2, 0.25) is 0 Å². The Balaban J connectivity index is 1.53. The molecule has 1 saturated carbocycles. The summed E-state index contributed by atoms with van der Waals surface area (Å²) in [5.41, 5.74) is 5.89. The van der Waals surface area contributed by atoms with Gasteiger partial charge in [-0.1, -0.05) is 43.1 Å². The van der Waals surface area contributed by atoms with Gasteiger partial charge in [0, 0.05) is 6.42 Å². The van der Waals surface area contributed by atoms with Crippen LogP contribution in [-0.2, 0) is 4.74 Å². The Bertz CT molecular complexity index is 593. The molecule has 1 nitrogen and oxygen atoms in total. The summed E-state index contributed by atoms with van der Waals surface area (Å²) in [7, 11) is 1.83. The number of allylic oxidation sites excluding steroid dienone is 5. The topological polar surface area (TPSA) is 9.23 Å². The summed E-state index contributed by atoms with van der Waals surface area (Å²) in [4.78, 5) is 0. The van der Waals surface area contributed by atoms with Gasteiger partial charge in [0.15, 0.2) is 0 Å². The first-order chi connectivity index (χ1) is 11.7. The van der Waals surface area contributed by atoms with Gasteiger partial charge in [-0.3, -0.25) is 0 Å². The third-order valence-corrected chi connectivity index (χ3v) is 7.86. The van der Waals surface area contributed by atoms with Crippen molar-refractivity contribution >= 4 is 0 Å². The highest BCUT2D eigenvalue weighted by atomic mass is 16.5. The van der Waals surface area contributed by atoms with Crippen molar-refractivity contribution in [3.8, 4) is 0 Å². The quantitative estimate of drug-likeness (QED) is 0.531. The number of methoxy groups -OCH3 is 1. The van der Waals surface area contributed by atoms with E-state index in [0.717, 1.165) is 24.2 Å². The van der Waals surface area contributed by atoms with Crippen molar-refractivity contribution in [3.63, 3.8) is 0 Å². The lowest BCUT2D eigenvalue weighted by Gasteiger charge is -2.51. The van der Waals surface area contributed by atoms with Crippen LogP contribution < -0.4 is 0 Å². The van der Waals surface area contributed by atoms with Crippen molar-refractivity contribution in [1.82, 2.24) is 0 Å². The molecule has 4 rings (SSSR count). The Morgan fingerprint density at radius 1 is 1.25 bits per heavy atom. The third kappa shape index (κ3) is 2.50. The molecule has 4 aliphatic rings. The minimum Gasteiger partial charge on any atom is -0.501 e. The first-order valence-corrected chi connectivity index (χ1v) is 10.3. The van der Waals surface area contributed by atoms with Crippen LogP contribution in [0.5, 0.6) is 0 Å². The molecular formula is C23H34O. The summed E-state index contributed by atoms with van der Waals surface area (Å²) >= 11 is 0. The molecule has 0 aromatic carbocycles. The summed E-state index contributed by atoms with van der Waals surface area (Å²) in [5, 5.41) is 0. The zero-order chi connectivity index (χ0) is 16.7. The maximum atomic E-state index is 5.53. The summed E-state index contributed by atoms with van der Waals surface area (Å²) in [6.45, 7) is 4.93. The van der Waals surface area contributed by atoms with Gasteiger partial charge in [-0.25, -0.2) is 0 Å². The molecule has 0 aromatic heterocycles. The molecule has 0 amide bonds. The minimum atomic E-state index is 0.524. The fraction of sp³-hybridized carbons (Fsp3) is 0.739. The van der Waals surface area contributed by atoms with Gasteiger partial charge in [0.05, 0.1) is 12.9 Å². The van der Waals surface area contributed by atoms with E-state index in [1.54, 1.807) is 5.57 Å². The second-order valence-electron chi connectivity index (χ2n) is 8.82. The maximum Gasteiger partial charge on any atom is 0.0959 e. The van der Waals surface area contributed by atoms with Gasteiger partial charge in [0.25, 0.3) is 0 Å². The molecule has 0 unspecified atom stereocenters. The van der Waals surface area contributed by atoms with E-state index in [1.807, 2.05) is 18.3 Å². The van der Waals surface area contributed by atoms with Gasteiger partial charge >= 0.3 is 0 Å². The van der Waals surface area contributed by atoms with E-state index in [0.29, 0.717) is 5.41 Å². The highest BCUT2D eigenvalue weighted by molar-refractivity contribution is 5.34. The fourth-order valence-corrected chi connectivity index (χ4v) is 6.46. The van der Waals surface area contributed by atoms with E-state index < -0.39 is 0 Å². The molecule has 0 aliphatic heterocycles. The van der Waals surface area contributed by atoms with Gasteiger partial charge in [0.2, 0.25) is 0 Å². The number of fused-ring (bicyclic) bond motifs is 4. The molecule has 0 heterocycles. The molecule has 0 saturated heterocycles. The van der Waals surface area contributed by atoms with Crippen molar-refractivity contribution in [3.05, 3.63) is 34.6 Å². The molecule has 132 valence electrons. The third-order valence-electron chi connectivity index (χ3n) is 7.86. The Morgan fingerprint density at radius 2 is 2.12 bits per heavy atom. The zero-order valence-electron chi connectivity index (χ0n) is 15.9. The molecule has 24 heavy (non-hydrogen) atoms. The number of hydrogen-bond acceptors (Lipinski definition) is 1. The number of unbranched alkanes of at least 4 members (excludes halogenated alkanes) is 1. The maximum absolute atomic E-state index is 5.53. The van der Waals surface area contributed by atoms with Crippen molar-refractivity contribution in [2.75, 3.05) is 7.11 Å². The van der Waals surface area contributed by atoms with Gasteiger partial charge in [-0.15, -0.1) is 0 Å². The fourth-order valence-electron chi connectivity index (χ4n) is 6.46. The molecule has 4 aliphatic carbocycles. The number of rotatable bonds is 4. The Labute approximate surface area is 148 Å². The zero-order valence-corrected chi connectivity index (χ0v) is 15.9. The van der Waals surface area contributed by atoms with E-state index >= 15 is 0 Å². The van der Waals surface area contributed by atoms with Gasteiger partial charge in [-0.2, -0.15) is 0 Å². The molecule has 0 N–H and O–H groups in total. The highest BCUT2D eigenvalue weighted by Gasteiger charge is 2.51. The molecule has 0 aromatic rings. The van der Waals surface area contributed by atoms with Crippen LogP contribution >= 0.6 is 0 Å². The first-order valence-electron chi connectivity index (χ1n) is 10.3. The molecule has 0 bridgehead atoms. The molecule has 0 spiro atoms. The van der Waals surface area contributed by atoms with Crippen molar-refractivity contribution in [1.29, 1.82) is 0 Å². The molecule has 1 heteroatoms. The number of hydrogen-bond donors (Lipinski definition) is 0. The lowest BCUT2D eigenvalue weighted by molar-refractivity contribution is 0.0542. The molecule has 4 atom stereocenters. The lowest BCUT2D eigenvalue weighted by atomic mass is 9.53. The second-order valence-corrected chi connectivity index (χ2v) is 8.82. The van der Waals surface area contributed by atoms with Gasteiger partial charge < -0.3 is 4.74 Å². The molecule has 0 radical (unpaired) electrons. The molecule has 1 fully saturated rings. The van der Waals surface area contributed by atoms with E-state index in [9.17, 15) is 0 Å². The van der Waals surface area contributed by atoms with E-state index in [2.05, 4.69) is 26.0 Å². The smallest absolute Gasteiger partial charge is 0.0959 e. The first kappa shape index (κ1) is 16.5. The second kappa shape index (κ2) is 6.39. The average Bonchev–Trinajstić information content (AvgIpc) is 2.95. The van der Waals surface area contributed by atoms with Crippen LogP contribution in [0, 0.1) is 23.2 Å². The van der Waals surface area contributed by atoms with Crippen molar-refractivity contribution < 1.29 is 4.74 Å². The Kier molecular flexibility index (Phi) is 4.39. The van der Waals surface area contributed by atoms with Crippen LogP contribution in [0.15, 0.2) is 34.6 Å². The van der Waals surface area contributed by atoms with E-state index in [1.165, 1.54) is 63.5 Å². The monoisotopic (exact) mass is 326 g/mol. The van der Waals surface area contributed by atoms with E-state index in [-0.39, 0.29) is 0 Å². The SMILES string of the molecule is CCCCC1=CC[C@H]2[C@@H]3CCC4=C(CC=C(OC)C4)[C@H]3CC[C@]12C. The normalized spacial score (nSPS) is 38.0. The Hall–Kier alpha value is -0.980. The summed E-state index contributed by atoms with van der Waals surface area (Å²) in [5.74, 6) is 3.94. The Morgan fingerprint density at radius 3 is 2.92 bits per heavy atom. The predicted octanol–water partition coefficient (Wildman–Crippen LogP) is 6.57. The summed E-state index contributed by atoms with van der Waals surface area (Å²) in [6, 6.07) is 0. The summed E-state index contributed by atoms with van der Waals surface area (Å²) < 4.78 is 5.53. The van der Waals surface area contributed by atoms with Crippen LogP contribution in [0.4, 0.5) is 0 Å². The van der Waals surface area contributed by atoms with Crippen LogP contribution in [0.1, 0.15) is 78.1 Å².